The molecule has 1 heterocycles. The molecule has 0 aromatic carbocycles. The maximum atomic E-state index is 9.79. The second kappa shape index (κ2) is 4.37. The van der Waals surface area contributed by atoms with E-state index >= 15 is 0 Å². The molecule has 1 saturated heterocycles. The summed E-state index contributed by atoms with van der Waals surface area (Å²) in [5.74, 6) is 0.0813. The number of ether oxygens (including phenoxy) is 1. The van der Waals surface area contributed by atoms with E-state index < -0.39 is 18.2 Å². The summed E-state index contributed by atoms with van der Waals surface area (Å²) in [6.45, 7) is 3.78. The third-order valence-electron chi connectivity index (χ3n) is 2.91. The summed E-state index contributed by atoms with van der Waals surface area (Å²) in [6.07, 6.45) is -0.176. The Kier molecular flexibility index (Phi) is 3.67. The van der Waals surface area contributed by atoms with Crippen molar-refractivity contribution in [3.8, 4) is 0 Å². The van der Waals surface area contributed by atoms with E-state index in [1.165, 1.54) is 0 Å². The Morgan fingerprint density at radius 3 is 2.54 bits per heavy atom. The van der Waals surface area contributed by atoms with Gasteiger partial charge >= 0.3 is 0 Å². The topological polar surface area (TPSA) is 75.7 Å². The lowest BCUT2D eigenvalue weighted by molar-refractivity contribution is -0.153. The van der Waals surface area contributed by atoms with E-state index in [2.05, 4.69) is 0 Å². The minimum Gasteiger partial charge on any atom is -0.394 e. The van der Waals surface area contributed by atoms with E-state index in [0.717, 1.165) is 6.42 Å². The Hall–Kier alpha value is -0.160. The van der Waals surface area contributed by atoms with Crippen LogP contribution >= 0.6 is 0 Å². The first kappa shape index (κ1) is 10.9. The van der Waals surface area contributed by atoms with Crippen molar-refractivity contribution in [2.45, 2.75) is 44.6 Å². The Morgan fingerprint density at radius 2 is 2.08 bits per heavy atom. The Morgan fingerprint density at radius 1 is 1.46 bits per heavy atom. The first-order valence-corrected chi connectivity index (χ1v) is 4.81. The number of hydrogen-bond donors (Lipinski definition) is 3. The maximum absolute atomic E-state index is 9.79. The van der Waals surface area contributed by atoms with Gasteiger partial charge in [-0.2, -0.15) is 0 Å². The molecule has 4 nitrogen and oxygen atoms in total. The molecule has 1 aliphatic rings. The predicted molar refractivity (Wildman–Crippen MR) is 49.2 cm³/mol. The van der Waals surface area contributed by atoms with Crippen LogP contribution in [0.25, 0.3) is 0 Å². The Bertz CT molecular complexity index is 165. The van der Waals surface area contributed by atoms with Crippen molar-refractivity contribution >= 4 is 0 Å². The second-order valence-corrected chi connectivity index (χ2v) is 3.70. The van der Waals surface area contributed by atoms with Crippen molar-refractivity contribution < 1.29 is 14.9 Å². The van der Waals surface area contributed by atoms with Gasteiger partial charge in [-0.25, -0.2) is 0 Å². The largest absolute Gasteiger partial charge is 0.394 e. The summed E-state index contributed by atoms with van der Waals surface area (Å²) in [5.41, 5.74) is 5.73. The van der Waals surface area contributed by atoms with Gasteiger partial charge in [0, 0.05) is 5.92 Å². The van der Waals surface area contributed by atoms with Crippen molar-refractivity contribution in [1.29, 1.82) is 0 Å². The highest BCUT2D eigenvalue weighted by Gasteiger charge is 2.39. The highest BCUT2D eigenvalue weighted by atomic mass is 16.5. The van der Waals surface area contributed by atoms with Crippen LogP contribution in [-0.2, 0) is 4.74 Å². The van der Waals surface area contributed by atoms with Gasteiger partial charge in [0.1, 0.15) is 0 Å². The Labute approximate surface area is 78.7 Å². The minimum absolute atomic E-state index is 0.0306. The van der Waals surface area contributed by atoms with Crippen LogP contribution < -0.4 is 5.73 Å². The highest BCUT2D eigenvalue weighted by molar-refractivity contribution is 4.92. The van der Waals surface area contributed by atoms with Crippen LogP contribution in [0, 0.1) is 5.92 Å². The van der Waals surface area contributed by atoms with Gasteiger partial charge in [-0.05, 0) is 13.3 Å². The fraction of sp³-hybridized carbons (Fsp3) is 1.00. The van der Waals surface area contributed by atoms with Crippen molar-refractivity contribution in [1.82, 2.24) is 0 Å². The summed E-state index contributed by atoms with van der Waals surface area (Å²) in [7, 11) is 0. The fourth-order valence-corrected chi connectivity index (χ4v) is 1.99. The molecule has 1 aliphatic heterocycles. The lowest BCUT2D eigenvalue weighted by Gasteiger charge is -2.41. The van der Waals surface area contributed by atoms with Gasteiger partial charge in [0.2, 0.25) is 0 Å². The third kappa shape index (κ3) is 2.02. The van der Waals surface area contributed by atoms with Crippen LogP contribution in [0.15, 0.2) is 0 Å². The van der Waals surface area contributed by atoms with E-state index in [1.807, 2.05) is 13.8 Å². The molecule has 5 unspecified atom stereocenters. The fourth-order valence-electron chi connectivity index (χ4n) is 1.99. The molecular formula is C9H19NO3. The molecular weight excluding hydrogens is 170 g/mol. The third-order valence-corrected chi connectivity index (χ3v) is 2.91. The number of nitrogens with two attached hydrogens (primary N) is 1. The monoisotopic (exact) mass is 189 g/mol. The van der Waals surface area contributed by atoms with Gasteiger partial charge in [-0.1, -0.05) is 6.92 Å². The predicted octanol–water partition coefficient (Wildman–Crippen LogP) is -0.520. The zero-order chi connectivity index (χ0) is 10.0. The molecule has 0 spiro atoms. The van der Waals surface area contributed by atoms with E-state index in [1.54, 1.807) is 0 Å². The molecule has 4 N–H and O–H groups in total. The zero-order valence-electron chi connectivity index (χ0n) is 8.18. The maximum Gasteiger partial charge on any atom is 0.0985 e. The van der Waals surface area contributed by atoms with Crippen molar-refractivity contribution in [2.24, 2.45) is 11.7 Å². The summed E-state index contributed by atoms with van der Waals surface area (Å²) in [4.78, 5) is 0. The highest BCUT2D eigenvalue weighted by Crippen LogP contribution is 2.26. The first-order chi connectivity index (χ1) is 6.11. The average molecular weight is 189 g/mol. The molecule has 0 aliphatic carbocycles. The van der Waals surface area contributed by atoms with Gasteiger partial charge in [-0.15, -0.1) is 0 Å². The Balaban J connectivity index is 2.66. The van der Waals surface area contributed by atoms with Crippen LogP contribution in [0.3, 0.4) is 0 Å². The molecule has 0 aromatic rings. The SMILES string of the molecule is CCC1C(C)OC(CO)C(N)C1O. The zero-order valence-corrected chi connectivity index (χ0v) is 8.18. The van der Waals surface area contributed by atoms with Gasteiger partial charge < -0.3 is 20.7 Å². The van der Waals surface area contributed by atoms with E-state index in [9.17, 15) is 5.11 Å². The van der Waals surface area contributed by atoms with E-state index in [-0.39, 0.29) is 18.6 Å². The number of aliphatic hydroxyl groups is 2. The van der Waals surface area contributed by atoms with Crippen LogP contribution in [0.4, 0.5) is 0 Å². The van der Waals surface area contributed by atoms with Crippen molar-refractivity contribution in [3.05, 3.63) is 0 Å². The summed E-state index contributed by atoms with van der Waals surface area (Å²) < 4.78 is 5.49. The van der Waals surface area contributed by atoms with Gasteiger partial charge in [-0.3, -0.25) is 0 Å². The summed E-state index contributed by atoms with van der Waals surface area (Å²) >= 11 is 0. The first-order valence-electron chi connectivity index (χ1n) is 4.81. The molecule has 4 heteroatoms. The van der Waals surface area contributed by atoms with Crippen LogP contribution in [0.5, 0.6) is 0 Å². The molecule has 0 amide bonds. The lowest BCUT2D eigenvalue weighted by atomic mass is 9.84. The average Bonchev–Trinajstić information content (AvgIpc) is 2.12. The standard InChI is InChI=1S/C9H19NO3/c1-3-6-5(2)13-7(4-11)8(10)9(6)12/h5-9,11-12H,3-4,10H2,1-2H3. The molecule has 1 rings (SSSR count). The van der Waals surface area contributed by atoms with E-state index in [0.29, 0.717) is 0 Å². The summed E-state index contributed by atoms with van der Waals surface area (Å²) in [6, 6.07) is -0.467. The second-order valence-electron chi connectivity index (χ2n) is 3.70. The van der Waals surface area contributed by atoms with Crippen LogP contribution in [-0.4, -0.2) is 41.2 Å². The normalized spacial score (nSPS) is 46.4. The number of aliphatic hydroxyl groups excluding tert-OH is 2. The van der Waals surface area contributed by atoms with E-state index in [4.69, 9.17) is 15.6 Å². The van der Waals surface area contributed by atoms with Gasteiger partial charge in [0.15, 0.2) is 0 Å². The summed E-state index contributed by atoms with van der Waals surface area (Å²) in [5, 5.41) is 18.7. The molecule has 5 atom stereocenters. The molecule has 0 aromatic heterocycles. The molecule has 0 saturated carbocycles. The molecule has 13 heavy (non-hydrogen) atoms. The number of hydrogen-bond acceptors (Lipinski definition) is 4. The molecule has 1 fully saturated rings. The van der Waals surface area contributed by atoms with Gasteiger partial charge in [0.05, 0.1) is 31.0 Å². The van der Waals surface area contributed by atoms with Crippen molar-refractivity contribution in [3.63, 3.8) is 0 Å². The number of rotatable bonds is 2. The van der Waals surface area contributed by atoms with Crippen molar-refractivity contribution in [2.75, 3.05) is 6.61 Å². The minimum atomic E-state index is -0.564. The molecule has 0 radical (unpaired) electrons. The van der Waals surface area contributed by atoms with Crippen LogP contribution in [0.2, 0.25) is 0 Å². The molecule has 0 bridgehead atoms. The quantitative estimate of drug-likeness (QED) is 0.546. The molecule has 78 valence electrons. The van der Waals surface area contributed by atoms with Crippen LogP contribution in [0.1, 0.15) is 20.3 Å². The lowest BCUT2D eigenvalue weighted by Crippen LogP contribution is -2.58. The smallest absolute Gasteiger partial charge is 0.0985 e. The van der Waals surface area contributed by atoms with Gasteiger partial charge in [0.25, 0.3) is 0 Å².